The number of carbonyl (C=O) groups excluding carboxylic acids is 1. The SMILES string of the molecule is O=C(CN1CCC[C@@H]1c1ccc(Nc2ncccn2)cn1)N1CCCc2ccccc21. The van der Waals surface area contributed by atoms with Crippen molar-refractivity contribution >= 4 is 23.2 Å². The Hall–Kier alpha value is -3.32. The Kier molecular flexibility index (Phi) is 5.58. The number of benzene rings is 1. The number of hydrogen-bond donors (Lipinski definition) is 1. The molecule has 0 bridgehead atoms. The summed E-state index contributed by atoms with van der Waals surface area (Å²) in [6, 6.07) is 14.3. The minimum atomic E-state index is 0.172. The molecule has 2 aliphatic rings. The maximum atomic E-state index is 13.2. The minimum absolute atomic E-state index is 0.172. The molecule has 0 aliphatic carbocycles. The Morgan fingerprint density at radius 3 is 2.71 bits per heavy atom. The molecule has 0 spiro atoms. The third-order valence-corrected chi connectivity index (χ3v) is 6.06. The highest BCUT2D eigenvalue weighted by Crippen LogP contribution is 2.32. The molecule has 158 valence electrons. The smallest absolute Gasteiger partial charge is 0.241 e. The Labute approximate surface area is 182 Å². The largest absolute Gasteiger partial charge is 0.323 e. The van der Waals surface area contributed by atoms with Crippen LogP contribution >= 0.6 is 0 Å². The van der Waals surface area contributed by atoms with E-state index in [0.29, 0.717) is 12.5 Å². The second kappa shape index (κ2) is 8.81. The Bertz CT molecular complexity index is 1040. The van der Waals surface area contributed by atoms with Gasteiger partial charge in [-0.15, -0.1) is 0 Å². The first-order chi connectivity index (χ1) is 15.3. The van der Waals surface area contributed by atoms with Gasteiger partial charge in [0.25, 0.3) is 0 Å². The van der Waals surface area contributed by atoms with Crippen molar-refractivity contribution in [3.8, 4) is 0 Å². The molecule has 0 saturated carbocycles. The van der Waals surface area contributed by atoms with Gasteiger partial charge in [0.15, 0.2) is 0 Å². The van der Waals surface area contributed by atoms with Gasteiger partial charge in [0.1, 0.15) is 0 Å². The average molecular weight is 415 g/mol. The van der Waals surface area contributed by atoms with Gasteiger partial charge in [-0.2, -0.15) is 0 Å². The number of pyridine rings is 1. The number of amides is 1. The minimum Gasteiger partial charge on any atom is -0.323 e. The molecule has 0 unspecified atom stereocenters. The Morgan fingerprint density at radius 2 is 1.87 bits per heavy atom. The summed E-state index contributed by atoms with van der Waals surface area (Å²) in [6.07, 6.45) is 9.37. The topological polar surface area (TPSA) is 74.2 Å². The van der Waals surface area contributed by atoms with E-state index in [4.69, 9.17) is 0 Å². The zero-order chi connectivity index (χ0) is 21.0. The number of hydrogen-bond acceptors (Lipinski definition) is 6. The lowest BCUT2D eigenvalue weighted by Gasteiger charge is -2.32. The number of fused-ring (bicyclic) bond motifs is 1. The van der Waals surface area contributed by atoms with E-state index in [1.165, 1.54) is 5.56 Å². The van der Waals surface area contributed by atoms with Crippen LogP contribution in [0.1, 0.15) is 36.6 Å². The molecule has 4 heterocycles. The molecular weight excluding hydrogens is 388 g/mol. The molecule has 3 aromatic rings. The molecule has 31 heavy (non-hydrogen) atoms. The fraction of sp³-hybridized carbons (Fsp3) is 0.333. The molecule has 1 amide bonds. The van der Waals surface area contributed by atoms with Crippen LogP contribution in [-0.4, -0.2) is 45.4 Å². The Balaban J connectivity index is 1.26. The van der Waals surface area contributed by atoms with Crippen LogP contribution in [0.15, 0.2) is 61.1 Å². The maximum absolute atomic E-state index is 13.2. The fourth-order valence-corrected chi connectivity index (χ4v) is 4.57. The van der Waals surface area contributed by atoms with E-state index < -0.39 is 0 Å². The lowest BCUT2D eigenvalue weighted by molar-refractivity contribution is -0.120. The monoisotopic (exact) mass is 414 g/mol. The summed E-state index contributed by atoms with van der Waals surface area (Å²) < 4.78 is 0. The summed E-state index contributed by atoms with van der Waals surface area (Å²) in [5, 5.41) is 3.16. The lowest BCUT2D eigenvalue weighted by Crippen LogP contribution is -2.42. The van der Waals surface area contributed by atoms with Crippen LogP contribution in [0.4, 0.5) is 17.3 Å². The standard InChI is InChI=1S/C24H26N6O/c31-23(30-15-3-7-18-6-1-2-8-21(18)30)17-29-14-4-9-22(29)20-11-10-19(16-27-20)28-24-25-12-5-13-26-24/h1-2,5-6,8,10-13,16,22H,3-4,7,9,14-15,17H2,(H,25,26,28)/t22-/m1/s1. The van der Waals surface area contributed by atoms with E-state index in [-0.39, 0.29) is 11.9 Å². The molecular formula is C24H26N6O. The molecule has 0 radical (unpaired) electrons. The first-order valence-corrected chi connectivity index (χ1v) is 10.9. The zero-order valence-corrected chi connectivity index (χ0v) is 17.4. The van der Waals surface area contributed by atoms with E-state index in [2.05, 4.69) is 43.4 Å². The van der Waals surface area contributed by atoms with Crippen LogP contribution in [-0.2, 0) is 11.2 Å². The summed E-state index contributed by atoms with van der Waals surface area (Å²) in [5.41, 5.74) is 4.20. The molecule has 1 aromatic carbocycles. The maximum Gasteiger partial charge on any atom is 0.241 e. The van der Waals surface area contributed by atoms with Crippen molar-refractivity contribution in [3.05, 3.63) is 72.3 Å². The Morgan fingerprint density at radius 1 is 1.00 bits per heavy atom. The van der Waals surface area contributed by atoms with Crippen molar-refractivity contribution in [1.82, 2.24) is 19.9 Å². The summed E-state index contributed by atoms with van der Waals surface area (Å²) in [4.78, 5) is 30.5. The van der Waals surface area contributed by atoms with E-state index in [0.717, 1.165) is 55.8 Å². The van der Waals surface area contributed by atoms with E-state index >= 15 is 0 Å². The molecule has 1 N–H and O–H groups in total. The van der Waals surface area contributed by atoms with Gasteiger partial charge in [-0.3, -0.25) is 14.7 Å². The van der Waals surface area contributed by atoms with Crippen LogP contribution in [0.2, 0.25) is 0 Å². The third-order valence-electron chi connectivity index (χ3n) is 6.06. The zero-order valence-electron chi connectivity index (χ0n) is 17.4. The van der Waals surface area contributed by atoms with Crippen molar-refractivity contribution < 1.29 is 4.79 Å². The third kappa shape index (κ3) is 4.27. The lowest BCUT2D eigenvalue weighted by atomic mass is 10.0. The molecule has 1 saturated heterocycles. The van der Waals surface area contributed by atoms with Gasteiger partial charge in [-0.25, -0.2) is 9.97 Å². The highest BCUT2D eigenvalue weighted by molar-refractivity contribution is 5.96. The number of aromatic nitrogens is 3. The van der Waals surface area contributed by atoms with Crippen molar-refractivity contribution in [1.29, 1.82) is 0 Å². The molecule has 1 atom stereocenters. The summed E-state index contributed by atoms with van der Waals surface area (Å²) in [7, 11) is 0. The van der Waals surface area contributed by atoms with Crippen LogP contribution in [0, 0.1) is 0 Å². The first-order valence-electron chi connectivity index (χ1n) is 10.9. The molecule has 7 nitrogen and oxygen atoms in total. The average Bonchev–Trinajstić information content (AvgIpc) is 3.28. The number of para-hydroxylation sites is 1. The first kappa shape index (κ1) is 19.6. The van der Waals surface area contributed by atoms with Crippen LogP contribution < -0.4 is 10.2 Å². The van der Waals surface area contributed by atoms with Gasteiger partial charge < -0.3 is 10.2 Å². The second-order valence-electron chi connectivity index (χ2n) is 8.08. The van der Waals surface area contributed by atoms with Gasteiger partial charge in [0.2, 0.25) is 11.9 Å². The molecule has 5 rings (SSSR count). The van der Waals surface area contributed by atoms with Gasteiger partial charge >= 0.3 is 0 Å². The van der Waals surface area contributed by atoms with E-state index in [9.17, 15) is 4.79 Å². The molecule has 2 aromatic heterocycles. The van der Waals surface area contributed by atoms with Crippen molar-refractivity contribution in [2.75, 3.05) is 29.9 Å². The van der Waals surface area contributed by atoms with Crippen molar-refractivity contribution in [2.45, 2.75) is 31.7 Å². The van der Waals surface area contributed by atoms with Gasteiger partial charge in [0, 0.05) is 24.6 Å². The molecule has 1 fully saturated rings. The normalized spacial score (nSPS) is 18.6. The number of anilines is 3. The van der Waals surface area contributed by atoms with Gasteiger partial charge in [-0.1, -0.05) is 18.2 Å². The van der Waals surface area contributed by atoms with Crippen molar-refractivity contribution in [3.63, 3.8) is 0 Å². The predicted octanol–water partition coefficient (Wildman–Crippen LogP) is 3.73. The fourth-order valence-electron chi connectivity index (χ4n) is 4.57. The van der Waals surface area contributed by atoms with Gasteiger partial charge in [-0.05, 0) is 62.1 Å². The highest BCUT2D eigenvalue weighted by Gasteiger charge is 2.31. The number of nitrogens with one attached hydrogen (secondary N) is 1. The molecule has 2 aliphatic heterocycles. The van der Waals surface area contributed by atoms with Crippen LogP contribution in [0.5, 0.6) is 0 Å². The van der Waals surface area contributed by atoms with E-state index in [1.54, 1.807) is 18.5 Å². The number of likely N-dealkylation sites (tertiary alicyclic amines) is 1. The van der Waals surface area contributed by atoms with Crippen LogP contribution in [0.25, 0.3) is 0 Å². The van der Waals surface area contributed by atoms with Gasteiger partial charge in [0.05, 0.1) is 30.2 Å². The summed E-state index contributed by atoms with van der Waals surface area (Å²) in [5.74, 6) is 0.727. The number of nitrogens with zero attached hydrogens (tertiary/aromatic N) is 5. The number of carbonyl (C=O) groups is 1. The quantitative estimate of drug-likeness (QED) is 0.686. The van der Waals surface area contributed by atoms with E-state index in [1.807, 2.05) is 29.3 Å². The highest BCUT2D eigenvalue weighted by atomic mass is 16.2. The predicted molar refractivity (Wildman–Crippen MR) is 120 cm³/mol. The second-order valence-corrected chi connectivity index (χ2v) is 8.08. The van der Waals surface area contributed by atoms with Crippen molar-refractivity contribution in [2.24, 2.45) is 0 Å². The number of aryl methyl sites for hydroxylation is 1. The molecule has 7 heteroatoms. The number of rotatable bonds is 5. The summed E-state index contributed by atoms with van der Waals surface area (Å²) >= 11 is 0. The summed E-state index contributed by atoms with van der Waals surface area (Å²) in [6.45, 7) is 2.15. The van der Waals surface area contributed by atoms with Crippen LogP contribution in [0.3, 0.4) is 0 Å².